The van der Waals surface area contributed by atoms with Crippen molar-refractivity contribution in [3.8, 4) is 0 Å². The van der Waals surface area contributed by atoms with Crippen LogP contribution in [0.5, 0.6) is 0 Å². The van der Waals surface area contributed by atoms with E-state index in [1.54, 1.807) is 0 Å². The lowest BCUT2D eigenvalue weighted by Gasteiger charge is -2.11. The van der Waals surface area contributed by atoms with Crippen molar-refractivity contribution in [2.75, 3.05) is 23.9 Å². The Balaban J connectivity index is 2.46. The second-order valence-electron chi connectivity index (χ2n) is 4.87. The SMILES string of the molecule is CSCCCCn1cc(C)nc1NCC(C)C. The molecule has 0 atom stereocenters. The van der Waals surface area contributed by atoms with Gasteiger partial charge >= 0.3 is 0 Å². The maximum absolute atomic E-state index is 4.53. The number of nitrogens with zero attached hydrogens (tertiary/aromatic N) is 2. The van der Waals surface area contributed by atoms with Gasteiger partial charge in [-0.1, -0.05) is 13.8 Å². The Bertz CT molecular complexity index is 320. The number of imidazole rings is 1. The molecular weight excluding hydrogens is 230 g/mol. The summed E-state index contributed by atoms with van der Waals surface area (Å²) in [6.07, 6.45) is 6.81. The van der Waals surface area contributed by atoms with Gasteiger partial charge in [0.25, 0.3) is 0 Å². The van der Waals surface area contributed by atoms with Crippen molar-refractivity contribution in [2.24, 2.45) is 5.92 Å². The van der Waals surface area contributed by atoms with Crippen LogP contribution in [0, 0.1) is 12.8 Å². The lowest BCUT2D eigenvalue weighted by Crippen LogP contribution is -2.12. The first-order valence-corrected chi connectivity index (χ1v) is 7.79. The Morgan fingerprint density at radius 2 is 2.18 bits per heavy atom. The second kappa shape index (κ2) is 7.64. The molecule has 0 amide bonds. The molecule has 3 nitrogen and oxygen atoms in total. The van der Waals surface area contributed by atoms with Gasteiger partial charge in [-0.3, -0.25) is 0 Å². The second-order valence-corrected chi connectivity index (χ2v) is 5.86. The quantitative estimate of drug-likeness (QED) is 0.722. The topological polar surface area (TPSA) is 29.9 Å². The van der Waals surface area contributed by atoms with Crippen LogP contribution >= 0.6 is 11.8 Å². The summed E-state index contributed by atoms with van der Waals surface area (Å²) in [6.45, 7) is 8.54. The van der Waals surface area contributed by atoms with E-state index in [2.05, 4.69) is 48.1 Å². The van der Waals surface area contributed by atoms with E-state index in [0.29, 0.717) is 5.92 Å². The predicted octanol–water partition coefficient (Wildman–Crippen LogP) is 3.40. The zero-order valence-corrected chi connectivity index (χ0v) is 12.3. The van der Waals surface area contributed by atoms with E-state index in [9.17, 15) is 0 Å². The van der Waals surface area contributed by atoms with Crippen LogP contribution in [0.2, 0.25) is 0 Å². The Labute approximate surface area is 109 Å². The van der Waals surface area contributed by atoms with Crippen molar-refractivity contribution in [1.82, 2.24) is 9.55 Å². The minimum Gasteiger partial charge on any atom is -0.355 e. The number of anilines is 1. The zero-order chi connectivity index (χ0) is 12.7. The third-order valence-electron chi connectivity index (χ3n) is 2.56. The molecule has 0 saturated carbocycles. The van der Waals surface area contributed by atoms with Crippen LogP contribution in [-0.2, 0) is 6.54 Å². The summed E-state index contributed by atoms with van der Waals surface area (Å²) < 4.78 is 2.25. The molecule has 0 aliphatic rings. The number of hydrogen-bond donors (Lipinski definition) is 1. The largest absolute Gasteiger partial charge is 0.355 e. The van der Waals surface area contributed by atoms with Crippen molar-refractivity contribution in [3.63, 3.8) is 0 Å². The van der Waals surface area contributed by atoms with E-state index >= 15 is 0 Å². The molecule has 1 N–H and O–H groups in total. The van der Waals surface area contributed by atoms with Crippen molar-refractivity contribution in [3.05, 3.63) is 11.9 Å². The summed E-state index contributed by atoms with van der Waals surface area (Å²) in [7, 11) is 0. The van der Waals surface area contributed by atoms with Gasteiger partial charge < -0.3 is 9.88 Å². The Morgan fingerprint density at radius 1 is 1.41 bits per heavy atom. The van der Waals surface area contributed by atoms with Crippen LogP contribution in [0.15, 0.2) is 6.20 Å². The fraction of sp³-hybridized carbons (Fsp3) is 0.769. The van der Waals surface area contributed by atoms with Gasteiger partial charge in [-0.2, -0.15) is 11.8 Å². The first kappa shape index (κ1) is 14.4. The summed E-state index contributed by atoms with van der Waals surface area (Å²) in [4.78, 5) is 4.53. The van der Waals surface area contributed by atoms with Crippen molar-refractivity contribution < 1.29 is 0 Å². The van der Waals surface area contributed by atoms with Crippen LogP contribution in [0.3, 0.4) is 0 Å². The summed E-state index contributed by atoms with van der Waals surface area (Å²) in [5, 5.41) is 3.42. The van der Waals surface area contributed by atoms with E-state index in [0.717, 1.165) is 24.7 Å². The molecule has 98 valence electrons. The lowest BCUT2D eigenvalue weighted by molar-refractivity contribution is 0.627. The highest BCUT2D eigenvalue weighted by Crippen LogP contribution is 2.11. The first-order valence-electron chi connectivity index (χ1n) is 6.40. The van der Waals surface area contributed by atoms with Crippen molar-refractivity contribution in [1.29, 1.82) is 0 Å². The van der Waals surface area contributed by atoms with Gasteiger partial charge in [0.1, 0.15) is 0 Å². The lowest BCUT2D eigenvalue weighted by atomic mass is 10.2. The van der Waals surface area contributed by atoms with E-state index in [1.165, 1.54) is 18.6 Å². The standard InChI is InChI=1S/C13H25N3S/c1-11(2)9-14-13-15-12(3)10-16(13)7-5-6-8-17-4/h10-11H,5-9H2,1-4H3,(H,14,15). The van der Waals surface area contributed by atoms with Gasteiger partial charge in [-0.25, -0.2) is 4.98 Å². The molecule has 0 radical (unpaired) electrons. The first-order chi connectivity index (χ1) is 8.13. The maximum atomic E-state index is 4.53. The van der Waals surface area contributed by atoms with E-state index < -0.39 is 0 Å². The van der Waals surface area contributed by atoms with Crippen LogP contribution < -0.4 is 5.32 Å². The highest BCUT2D eigenvalue weighted by molar-refractivity contribution is 7.98. The van der Waals surface area contributed by atoms with Gasteiger partial charge in [0, 0.05) is 19.3 Å². The third kappa shape index (κ3) is 5.48. The highest BCUT2D eigenvalue weighted by atomic mass is 32.2. The molecular formula is C13H25N3S. The Morgan fingerprint density at radius 3 is 2.82 bits per heavy atom. The van der Waals surface area contributed by atoms with Gasteiger partial charge in [-0.05, 0) is 37.7 Å². The van der Waals surface area contributed by atoms with E-state index in [1.807, 2.05) is 11.8 Å². The molecule has 1 rings (SSSR count). The molecule has 0 bridgehead atoms. The molecule has 1 aromatic heterocycles. The smallest absolute Gasteiger partial charge is 0.203 e. The number of rotatable bonds is 8. The zero-order valence-electron chi connectivity index (χ0n) is 11.5. The minimum absolute atomic E-state index is 0.650. The van der Waals surface area contributed by atoms with Crippen molar-refractivity contribution in [2.45, 2.75) is 40.2 Å². The van der Waals surface area contributed by atoms with Gasteiger partial charge in [-0.15, -0.1) is 0 Å². The molecule has 4 heteroatoms. The minimum atomic E-state index is 0.650. The molecule has 0 aromatic carbocycles. The molecule has 0 aliphatic carbocycles. The molecule has 0 saturated heterocycles. The third-order valence-corrected chi connectivity index (χ3v) is 3.26. The average molecular weight is 255 g/mol. The number of aromatic nitrogens is 2. The van der Waals surface area contributed by atoms with Gasteiger partial charge in [0.2, 0.25) is 5.95 Å². The molecule has 1 aromatic rings. The summed E-state index contributed by atoms with van der Waals surface area (Å²) in [5.74, 6) is 2.93. The van der Waals surface area contributed by atoms with Crippen molar-refractivity contribution >= 4 is 17.7 Å². The van der Waals surface area contributed by atoms with Crippen LogP contribution in [0.4, 0.5) is 5.95 Å². The number of thioether (sulfide) groups is 1. The molecule has 0 fully saturated rings. The average Bonchev–Trinajstić information content (AvgIpc) is 2.62. The number of hydrogen-bond acceptors (Lipinski definition) is 3. The summed E-state index contributed by atoms with van der Waals surface area (Å²) >= 11 is 1.92. The number of nitrogens with one attached hydrogen (secondary N) is 1. The molecule has 0 aliphatic heterocycles. The van der Waals surface area contributed by atoms with Gasteiger partial charge in [0.05, 0.1) is 5.69 Å². The van der Waals surface area contributed by atoms with Crippen LogP contribution in [0.25, 0.3) is 0 Å². The Kier molecular flexibility index (Phi) is 6.48. The Hall–Kier alpha value is -0.640. The molecule has 0 spiro atoms. The fourth-order valence-corrected chi connectivity index (χ4v) is 2.18. The van der Waals surface area contributed by atoms with E-state index in [-0.39, 0.29) is 0 Å². The van der Waals surface area contributed by atoms with Crippen LogP contribution in [-0.4, -0.2) is 28.1 Å². The van der Waals surface area contributed by atoms with E-state index in [4.69, 9.17) is 0 Å². The monoisotopic (exact) mass is 255 g/mol. The predicted molar refractivity (Wildman–Crippen MR) is 77.9 cm³/mol. The summed E-state index contributed by atoms with van der Waals surface area (Å²) in [6, 6.07) is 0. The number of aryl methyl sites for hydroxylation is 2. The highest BCUT2D eigenvalue weighted by Gasteiger charge is 2.05. The van der Waals surface area contributed by atoms with Gasteiger partial charge in [0.15, 0.2) is 0 Å². The molecule has 0 unspecified atom stereocenters. The summed E-state index contributed by atoms with van der Waals surface area (Å²) in [5.41, 5.74) is 1.10. The molecule has 1 heterocycles. The number of unbranched alkanes of at least 4 members (excludes halogenated alkanes) is 1. The normalized spacial score (nSPS) is 11.1. The van der Waals surface area contributed by atoms with Crippen LogP contribution in [0.1, 0.15) is 32.4 Å². The maximum Gasteiger partial charge on any atom is 0.203 e. The fourth-order valence-electron chi connectivity index (χ4n) is 1.68. The molecule has 17 heavy (non-hydrogen) atoms.